The lowest BCUT2D eigenvalue weighted by Crippen LogP contribution is -1.96. The van der Waals surface area contributed by atoms with E-state index in [0.29, 0.717) is 0 Å². The van der Waals surface area contributed by atoms with Crippen LogP contribution >= 0.6 is 11.9 Å². The molecule has 0 atom stereocenters. The molecule has 0 saturated heterocycles. The predicted octanol–water partition coefficient (Wildman–Crippen LogP) is 4.08. The molecule has 2 aromatic heterocycles. The molecular weight excluding hydrogens is 242 g/mol. The van der Waals surface area contributed by atoms with Crippen LogP contribution in [0.1, 0.15) is 33.3 Å². The van der Waals surface area contributed by atoms with Crippen molar-refractivity contribution in [1.29, 1.82) is 0 Å². The highest BCUT2D eigenvalue weighted by atomic mass is 32.2. The Morgan fingerprint density at radius 2 is 2.00 bits per heavy atom. The van der Waals surface area contributed by atoms with Gasteiger partial charge in [-0.25, -0.2) is 9.38 Å². The van der Waals surface area contributed by atoms with Gasteiger partial charge in [0.05, 0.1) is 5.71 Å². The molecule has 2 rings (SSSR count). The zero-order valence-corrected chi connectivity index (χ0v) is 12.5. The maximum Gasteiger partial charge on any atom is 0.136 e. The van der Waals surface area contributed by atoms with Gasteiger partial charge in [-0.15, -0.1) is 0 Å². The molecule has 0 saturated carbocycles. The van der Waals surface area contributed by atoms with E-state index in [2.05, 4.69) is 30.2 Å². The first kappa shape index (κ1) is 14.8. The highest BCUT2D eigenvalue weighted by Gasteiger charge is 1.99. The highest BCUT2D eigenvalue weighted by Crippen LogP contribution is 2.08. The van der Waals surface area contributed by atoms with E-state index in [4.69, 9.17) is 0 Å². The molecular formula is C14H21N3S. The minimum atomic E-state index is 0.833. The second-order valence-electron chi connectivity index (χ2n) is 4.70. The summed E-state index contributed by atoms with van der Waals surface area (Å²) in [7, 11) is 0. The van der Waals surface area contributed by atoms with Crippen molar-refractivity contribution in [2.75, 3.05) is 6.26 Å². The monoisotopic (exact) mass is 263 g/mol. The van der Waals surface area contributed by atoms with Gasteiger partial charge in [-0.05, 0) is 36.9 Å². The number of imidazole rings is 1. The Bertz CT molecular complexity index is 512. The molecule has 0 aliphatic carbocycles. The summed E-state index contributed by atoms with van der Waals surface area (Å²) in [6.07, 6.45) is 7.72. The number of hydrogen-bond donors (Lipinski definition) is 0. The summed E-state index contributed by atoms with van der Waals surface area (Å²) in [4.78, 5) is 4.18. The summed E-state index contributed by atoms with van der Waals surface area (Å²) in [5, 5.41) is 0. The average molecular weight is 263 g/mol. The van der Waals surface area contributed by atoms with E-state index in [9.17, 15) is 0 Å². The zero-order valence-electron chi connectivity index (χ0n) is 11.7. The van der Waals surface area contributed by atoms with Crippen LogP contribution in [0, 0.1) is 5.92 Å². The van der Waals surface area contributed by atoms with E-state index < -0.39 is 0 Å². The molecule has 3 nitrogen and oxygen atoms in total. The molecule has 4 heteroatoms. The predicted molar refractivity (Wildman–Crippen MR) is 81.4 cm³/mol. The number of fused-ring (bicyclic) bond motifs is 1. The molecule has 0 aromatic carbocycles. The van der Waals surface area contributed by atoms with Crippen LogP contribution < -0.4 is 0 Å². The van der Waals surface area contributed by atoms with E-state index in [1.54, 1.807) is 6.20 Å². The van der Waals surface area contributed by atoms with Crippen molar-refractivity contribution in [2.45, 2.75) is 27.7 Å². The van der Waals surface area contributed by atoms with Gasteiger partial charge in [0, 0.05) is 30.4 Å². The Hall–Kier alpha value is -1.29. The fourth-order valence-electron chi connectivity index (χ4n) is 1.32. The van der Waals surface area contributed by atoms with Gasteiger partial charge in [-0.1, -0.05) is 20.8 Å². The topological polar surface area (TPSA) is 29.7 Å². The lowest BCUT2D eigenvalue weighted by Gasteiger charge is -2.00. The van der Waals surface area contributed by atoms with Crippen LogP contribution in [0.25, 0.3) is 5.65 Å². The largest absolute Gasteiger partial charge is 0.306 e. The Labute approximate surface area is 113 Å². The third kappa shape index (κ3) is 4.53. The fraction of sp³-hybridized carbons (Fsp3) is 0.429. The third-order valence-corrected chi connectivity index (χ3v) is 2.49. The van der Waals surface area contributed by atoms with Crippen molar-refractivity contribution < 1.29 is 0 Å². The van der Waals surface area contributed by atoms with Crippen molar-refractivity contribution in [3.8, 4) is 0 Å². The molecule has 0 N–H and O–H groups in total. The first-order valence-corrected chi connectivity index (χ1v) is 7.23. The quantitative estimate of drug-likeness (QED) is 0.603. The van der Waals surface area contributed by atoms with Crippen molar-refractivity contribution in [3.05, 3.63) is 36.3 Å². The van der Waals surface area contributed by atoms with Crippen LogP contribution in [0.3, 0.4) is 0 Å². The van der Waals surface area contributed by atoms with E-state index in [-0.39, 0.29) is 0 Å². The summed E-state index contributed by atoms with van der Waals surface area (Å²) < 4.78 is 6.28. The first-order valence-electron chi connectivity index (χ1n) is 6.05. The van der Waals surface area contributed by atoms with Crippen molar-refractivity contribution in [2.24, 2.45) is 10.3 Å². The standard InChI is InChI=1S/C10H11N3S.C4H10/c1-8(12-14-2)9-3-4-10-11-5-6-13(10)7-9;1-4(2)3/h3-7H,1-2H3;4H,1-3H3/b12-8+;. The molecule has 2 aromatic rings. The van der Waals surface area contributed by atoms with Gasteiger partial charge in [0.15, 0.2) is 0 Å². The fourth-order valence-corrected chi connectivity index (χ4v) is 1.70. The number of rotatable bonds is 2. The molecule has 18 heavy (non-hydrogen) atoms. The van der Waals surface area contributed by atoms with Gasteiger partial charge >= 0.3 is 0 Å². The molecule has 0 radical (unpaired) electrons. The van der Waals surface area contributed by atoms with Crippen LogP contribution in [0.4, 0.5) is 0 Å². The SMILES string of the molecule is CC(C)C.CS/N=C(\C)c1ccc2nccn2c1. The molecule has 98 valence electrons. The lowest BCUT2D eigenvalue weighted by molar-refractivity contribution is 0.737. The second kappa shape index (κ2) is 7.21. The van der Waals surface area contributed by atoms with Crippen LogP contribution in [0.5, 0.6) is 0 Å². The number of hydrogen-bond acceptors (Lipinski definition) is 3. The minimum absolute atomic E-state index is 0.833. The normalized spacial score (nSPS) is 11.6. The maximum absolute atomic E-state index is 4.29. The van der Waals surface area contributed by atoms with Crippen LogP contribution in [0.2, 0.25) is 0 Å². The van der Waals surface area contributed by atoms with Gasteiger partial charge in [0.25, 0.3) is 0 Å². The lowest BCUT2D eigenvalue weighted by atomic mass is 10.2. The van der Waals surface area contributed by atoms with Gasteiger partial charge in [-0.2, -0.15) is 0 Å². The molecule has 0 bridgehead atoms. The van der Waals surface area contributed by atoms with Crippen molar-refractivity contribution in [1.82, 2.24) is 9.38 Å². The first-order chi connectivity index (χ1) is 8.54. The van der Waals surface area contributed by atoms with E-state index in [1.165, 1.54) is 11.9 Å². The Morgan fingerprint density at radius 3 is 2.61 bits per heavy atom. The third-order valence-electron chi connectivity index (χ3n) is 2.03. The smallest absolute Gasteiger partial charge is 0.136 e. The van der Waals surface area contributed by atoms with E-state index in [0.717, 1.165) is 22.8 Å². The molecule has 0 aliphatic rings. The Morgan fingerprint density at radius 1 is 1.33 bits per heavy atom. The Kier molecular flexibility index (Phi) is 5.92. The van der Waals surface area contributed by atoms with Crippen LogP contribution in [-0.4, -0.2) is 21.4 Å². The average Bonchev–Trinajstić information content (AvgIpc) is 2.75. The summed E-state index contributed by atoms with van der Waals surface area (Å²) >= 11 is 1.48. The van der Waals surface area contributed by atoms with E-state index >= 15 is 0 Å². The molecule has 0 fully saturated rings. The van der Waals surface area contributed by atoms with E-state index in [1.807, 2.05) is 42.1 Å². The van der Waals surface area contributed by atoms with Gasteiger partial charge in [-0.3, -0.25) is 0 Å². The van der Waals surface area contributed by atoms with Crippen molar-refractivity contribution >= 4 is 23.3 Å². The number of pyridine rings is 1. The molecule has 0 amide bonds. The number of nitrogens with zero attached hydrogens (tertiary/aromatic N) is 3. The molecule has 0 aliphatic heterocycles. The highest BCUT2D eigenvalue weighted by molar-refractivity contribution is 7.97. The Balaban J connectivity index is 0.000000357. The summed E-state index contributed by atoms with van der Waals surface area (Å²) in [6.45, 7) is 8.51. The van der Waals surface area contributed by atoms with Gasteiger partial charge in [0.2, 0.25) is 0 Å². The number of aromatic nitrogens is 2. The van der Waals surface area contributed by atoms with Gasteiger partial charge < -0.3 is 4.40 Å². The zero-order chi connectivity index (χ0) is 13.5. The van der Waals surface area contributed by atoms with Crippen LogP contribution in [-0.2, 0) is 0 Å². The molecule has 0 spiro atoms. The molecule has 2 heterocycles. The summed E-state index contributed by atoms with van der Waals surface area (Å²) in [6, 6.07) is 4.03. The summed E-state index contributed by atoms with van der Waals surface area (Å²) in [5.74, 6) is 0.833. The minimum Gasteiger partial charge on any atom is -0.306 e. The van der Waals surface area contributed by atoms with Crippen molar-refractivity contribution in [3.63, 3.8) is 0 Å². The van der Waals surface area contributed by atoms with Gasteiger partial charge in [0.1, 0.15) is 5.65 Å². The molecule has 0 unspecified atom stereocenters. The van der Waals surface area contributed by atoms with Crippen LogP contribution in [0.15, 0.2) is 35.1 Å². The summed E-state index contributed by atoms with van der Waals surface area (Å²) in [5.41, 5.74) is 3.13. The maximum atomic E-state index is 4.29. The second-order valence-corrected chi connectivity index (χ2v) is 5.25.